The lowest BCUT2D eigenvalue weighted by atomic mass is 9.99. The molecule has 148 valence electrons. The molecule has 0 bridgehead atoms. The molecule has 0 unspecified atom stereocenters. The minimum Gasteiger partial charge on any atom is -0.381 e. The maximum Gasteiger partial charge on any atom is 0.194 e. The number of guanidine groups is 1. The van der Waals surface area contributed by atoms with E-state index in [4.69, 9.17) is 9.73 Å². The molecule has 1 saturated heterocycles. The SMILES string of the molecule is CCNC(=NCC1(SC)CCOCC1)N(C)Cc1cn(C)nc1C(C)C. The number of rotatable bonds is 7. The second-order valence-corrected chi connectivity index (χ2v) is 8.67. The van der Waals surface area contributed by atoms with Crippen LogP contribution < -0.4 is 5.32 Å². The first-order valence-corrected chi connectivity index (χ1v) is 10.8. The van der Waals surface area contributed by atoms with Crippen molar-refractivity contribution in [3.63, 3.8) is 0 Å². The zero-order valence-corrected chi connectivity index (χ0v) is 18.0. The van der Waals surface area contributed by atoms with Crippen molar-refractivity contribution in [2.24, 2.45) is 12.0 Å². The van der Waals surface area contributed by atoms with E-state index in [1.165, 1.54) is 11.3 Å². The molecule has 0 radical (unpaired) electrons. The highest BCUT2D eigenvalue weighted by Gasteiger charge is 2.31. The minimum atomic E-state index is 0.206. The molecule has 1 N–H and O–H groups in total. The summed E-state index contributed by atoms with van der Waals surface area (Å²) in [6.45, 7) is 10.7. The number of aromatic nitrogens is 2. The lowest BCUT2D eigenvalue weighted by molar-refractivity contribution is 0.0793. The molecule has 6 nitrogen and oxygen atoms in total. The normalized spacial score (nSPS) is 17.6. The maximum absolute atomic E-state index is 5.55. The average Bonchev–Trinajstić information content (AvgIpc) is 2.99. The Bertz CT molecular complexity index is 593. The molecule has 2 heterocycles. The van der Waals surface area contributed by atoms with Gasteiger partial charge in [-0.3, -0.25) is 9.67 Å². The van der Waals surface area contributed by atoms with Gasteiger partial charge >= 0.3 is 0 Å². The first kappa shape index (κ1) is 21.1. The quantitative estimate of drug-likeness (QED) is 0.581. The monoisotopic (exact) mass is 381 g/mol. The molecule has 1 aliphatic rings. The van der Waals surface area contributed by atoms with Gasteiger partial charge in [-0.15, -0.1) is 0 Å². The van der Waals surface area contributed by atoms with Crippen molar-refractivity contribution in [2.45, 2.75) is 50.8 Å². The van der Waals surface area contributed by atoms with Crippen LogP contribution in [0.4, 0.5) is 0 Å². The van der Waals surface area contributed by atoms with Crippen molar-refractivity contribution in [3.8, 4) is 0 Å². The average molecular weight is 382 g/mol. The van der Waals surface area contributed by atoms with E-state index in [0.717, 1.165) is 51.6 Å². The molecule has 0 aromatic carbocycles. The number of thioether (sulfide) groups is 1. The molecule has 0 atom stereocenters. The van der Waals surface area contributed by atoms with Gasteiger partial charge in [0.05, 0.1) is 12.2 Å². The second-order valence-electron chi connectivity index (χ2n) is 7.39. The van der Waals surface area contributed by atoms with Gasteiger partial charge in [0, 0.05) is 56.9 Å². The standard InChI is InChI=1S/C19H35N5OS/c1-7-20-18(21-14-19(26-6)8-10-25-11-9-19)23(4)12-16-13-24(5)22-17(16)15(2)3/h13,15H,7-12,14H2,1-6H3,(H,20,21). The second kappa shape index (κ2) is 9.65. The van der Waals surface area contributed by atoms with Crippen molar-refractivity contribution < 1.29 is 4.74 Å². The minimum absolute atomic E-state index is 0.206. The van der Waals surface area contributed by atoms with E-state index >= 15 is 0 Å². The number of nitrogens with zero attached hydrogens (tertiary/aromatic N) is 4. The summed E-state index contributed by atoms with van der Waals surface area (Å²) in [5, 5.41) is 8.07. The van der Waals surface area contributed by atoms with Crippen LogP contribution in [0.1, 0.15) is 50.8 Å². The number of aliphatic imine (C=N–C) groups is 1. The Morgan fingerprint density at radius 3 is 2.73 bits per heavy atom. The fourth-order valence-corrected chi connectivity index (χ4v) is 4.12. The van der Waals surface area contributed by atoms with Crippen LogP contribution in [0.15, 0.2) is 11.2 Å². The van der Waals surface area contributed by atoms with Crippen LogP contribution in [-0.4, -0.2) is 65.0 Å². The van der Waals surface area contributed by atoms with Gasteiger partial charge in [-0.1, -0.05) is 13.8 Å². The topological polar surface area (TPSA) is 54.7 Å². The van der Waals surface area contributed by atoms with E-state index in [1.54, 1.807) is 0 Å². The lowest BCUT2D eigenvalue weighted by Gasteiger charge is -2.34. The summed E-state index contributed by atoms with van der Waals surface area (Å²) in [7, 11) is 4.09. The van der Waals surface area contributed by atoms with Crippen LogP contribution in [-0.2, 0) is 18.3 Å². The van der Waals surface area contributed by atoms with Crippen molar-refractivity contribution >= 4 is 17.7 Å². The molecule has 7 heteroatoms. The molecule has 1 fully saturated rings. The summed E-state index contributed by atoms with van der Waals surface area (Å²) in [6, 6.07) is 0. The Morgan fingerprint density at radius 2 is 2.15 bits per heavy atom. The highest BCUT2D eigenvalue weighted by molar-refractivity contribution is 8.00. The van der Waals surface area contributed by atoms with Gasteiger partial charge in [-0.25, -0.2) is 0 Å². The number of nitrogens with one attached hydrogen (secondary N) is 1. The fraction of sp³-hybridized carbons (Fsp3) is 0.789. The molecular formula is C19H35N5OS. The Hall–Kier alpha value is -1.21. The van der Waals surface area contributed by atoms with Crippen molar-refractivity contribution in [3.05, 3.63) is 17.5 Å². The van der Waals surface area contributed by atoms with Crippen LogP contribution in [0.5, 0.6) is 0 Å². The first-order valence-electron chi connectivity index (χ1n) is 9.55. The van der Waals surface area contributed by atoms with E-state index in [2.05, 4.69) is 55.6 Å². The highest BCUT2D eigenvalue weighted by Crippen LogP contribution is 2.34. The Labute approximate surface area is 162 Å². The smallest absolute Gasteiger partial charge is 0.194 e. The molecule has 0 spiro atoms. The predicted molar refractivity (Wildman–Crippen MR) is 111 cm³/mol. The third kappa shape index (κ3) is 5.39. The van der Waals surface area contributed by atoms with Crippen LogP contribution in [0, 0.1) is 0 Å². The molecule has 2 rings (SSSR count). The highest BCUT2D eigenvalue weighted by atomic mass is 32.2. The van der Waals surface area contributed by atoms with Crippen LogP contribution in [0.25, 0.3) is 0 Å². The summed E-state index contributed by atoms with van der Waals surface area (Å²) in [6.07, 6.45) is 6.46. The van der Waals surface area contributed by atoms with E-state index in [0.29, 0.717) is 5.92 Å². The van der Waals surface area contributed by atoms with E-state index in [1.807, 2.05) is 23.5 Å². The summed E-state index contributed by atoms with van der Waals surface area (Å²) >= 11 is 1.93. The van der Waals surface area contributed by atoms with Gasteiger partial charge < -0.3 is 15.0 Å². The number of ether oxygens (including phenoxy) is 1. The molecule has 0 amide bonds. The maximum atomic E-state index is 5.55. The van der Waals surface area contributed by atoms with Gasteiger partial charge in [0.2, 0.25) is 0 Å². The number of aryl methyl sites for hydroxylation is 1. The molecule has 1 aliphatic heterocycles. The Morgan fingerprint density at radius 1 is 1.46 bits per heavy atom. The van der Waals surface area contributed by atoms with Crippen LogP contribution in [0.3, 0.4) is 0 Å². The van der Waals surface area contributed by atoms with Gasteiger partial charge in [0.15, 0.2) is 5.96 Å². The van der Waals surface area contributed by atoms with Crippen LogP contribution in [0.2, 0.25) is 0 Å². The first-order chi connectivity index (χ1) is 12.4. The summed E-state index contributed by atoms with van der Waals surface area (Å²) in [5.74, 6) is 1.38. The Kier molecular flexibility index (Phi) is 7.83. The Balaban J connectivity index is 2.12. The predicted octanol–water partition coefficient (Wildman–Crippen LogP) is 2.85. The lowest BCUT2D eigenvalue weighted by Crippen LogP contribution is -2.41. The summed E-state index contributed by atoms with van der Waals surface area (Å²) < 4.78 is 7.66. The van der Waals surface area contributed by atoms with E-state index in [-0.39, 0.29) is 4.75 Å². The van der Waals surface area contributed by atoms with Crippen LogP contribution >= 0.6 is 11.8 Å². The van der Waals surface area contributed by atoms with Gasteiger partial charge in [-0.05, 0) is 31.9 Å². The largest absolute Gasteiger partial charge is 0.381 e. The van der Waals surface area contributed by atoms with Gasteiger partial charge in [0.25, 0.3) is 0 Å². The van der Waals surface area contributed by atoms with Crippen molar-refractivity contribution in [1.29, 1.82) is 0 Å². The van der Waals surface area contributed by atoms with Gasteiger partial charge in [0.1, 0.15) is 0 Å². The molecule has 1 aromatic rings. The summed E-state index contributed by atoms with van der Waals surface area (Å²) in [5.41, 5.74) is 2.43. The van der Waals surface area contributed by atoms with E-state index in [9.17, 15) is 0 Å². The van der Waals surface area contributed by atoms with Crippen molar-refractivity contribution in [1.82, 2.24) is 20.0 Å². The number of hydrogen-bond acceptors (Lipinski definition) is 4. The molecule has 0 saturated carbocycles. The fourth-order valence-electron chi connectivity index (χ4n) is 3.35. The van der Waals surface area contributed by atoms with E-state index < -0.39 is 0 Å². The molecule has 1 aromatic heterocycles. The zero-order valence-electron chi connectivity index (χ0n) is 17.2. The molecular weight excluding hydrogens is 346 g/mol. The summed E-state index contributed by atoms with van der Waals surface area (Å²) in [4.78, 5) is 7.19. The molecule has 0 aliphatic carbocycles. The van der Waals surface area contributed by atoms with Gasteiger partial charge in [-0.2, -0.15) is 16.9 Å². The molecule has 26 heavy (non-hydrogen) atoms. The zero-order chi connectivity index (χ0) is 19.2. The third-order valence-corrected chi connectivity index (χ3v) is 6.35. The third-order valence-electron chi connectivity index (χ3n) is 4.94. The van der Waals surface area contributed by atoms with Crippen molar-refractivity contribution in [2.75, 3.05) is 39.6 Å². The number of hydrogen-bond donors (Lipinski definition) is 1.